The molecule has 112 valence electrons. The molecule has 1 aliphatic heterocycles. The summed E-state index contributed by atoms with van der Waals surface area (Å²) in [4.78, 5) is 16.8. The Morgan fingerprint density at radius 1 is 1.62 bits per heavy atom. The maximum Gasteiger partial charge on any atom is 0.323 e. The van der Waals surface area contributed by atoms with Gasteiger partial charge in [-0.2, -0.15) is 0 Å². The first-order valence-electron chi connectivity index (χ1n) is 7.10. The van der Waals surface area contributed by atoms with Gasteiger partial charge in [0.25, 0.3) is 0 Å². The number of likely N-dealkylation sites (tertiary alicyclic amines) is 1. The molecule has 1 saturated heterocycles. The van der Waals surface area contributed by atoms with Crippen LogP contribution in [0.25, 0.3) is 10.4 Å². The van der Waals surface area contributed by atoms with Crippen LogP contribution < -0.4 is 0 Å². The minimum atomic E-state index is -0.162. The fraction of sp³-hybridized carbons (Fsp3) is 0.533. The molecule has 1 aromatic rings. The van der Waals surface area contributed by atoms with Crippen molar-refractivity contribution >= 4 is 5.97 Å². The van der Waals surface area contributed by atoms with Gasteiger partial charge in [0.05, 0.1) is 13.7 Å². The van der Waals surface area contributed by atoms with E-state index in [1.165, 1.54) is 7.11 Å². The van der Waals surface area contributed by atoms with E-state index in [0.717, 1.165) is 30.5 Å². The molecule has 0 radical (unpaired) electrons. The van der Waals surface area contributed by atoms with Crippen molar-refractivity contribution in [2.45, 2.75) is 38.4 Å². The van der Waals surface area contributed by atoms with Gasteiger partial charge in [-0.15, -0.1) is 0 Å². The third-order valence-corrected chi connectivity index (χ3v) is 4.01. The van der Waals surface area contributed by atoms with Crippen molar-refractivity contribution in [1.29, 1.82) is 0 Å². The molecule has 0 spiro atoms. The van der Waals surface area contributed by atoms with Gasteiger partial charge in [0.15, 0.2) is 0 Å². The van der Waals surface area contributed by atoms with Crippen LogP contribution in [0.5, 0.6) is 0 Å². The zero-order valence-electron chi connectivity index (χ0n) is 12.4. The smallest absolute Gasteiger partial charge is 0.323 e. The number of azide groups is 1. The summed E-state index contributed by atoms with van der Waals surface area (Å²) in [5.74, 6) is -0.162. The molecule has 0 unspecified atom stereocenters. The van der Waals surface area contributed by atoms with Gasteiger partial charge in [-0.1, -0.05) is 29.4 Å². The van der Waals surface area contributed by atoms with E-state index in [2.05, 4.69) is 21.8 Å². The standard InChI is InChI=1S/C15H20N4O2/c1-11(19-8-4-7-14(19)15(20)21-2)13-6-3-5-12(9-13)10-17-18-16/h3,5-6,9,11,14H,4,7-8,10H2,1-2H3/t11-,14-/m0/s1. The third kappa shape index (κ3) is 3.54. The first-order chi connectivity index (χ1) is 10.2. The number of esters is 1. The predicted molar refractivity (Wildman–Crippen MR) is 79.5 cm³/mol. The Morgan fingerprint density at radius 3 is 3.14 bits per heavy atom. The van der Waals surface area contributed by atoms with Gasteiger partial charge in [-0.25, -0.2) is 0 Å². The Hall–Kier alpha value is -2.04. The first-order valence-corrected chi connectivity index (χ1v) is 7.10. The second-order valence-electron chi connectivity index (χ2n) is 5.23. The van der Waals surface area contributed by atoms with E-state index in [1.807, 2.05) is 24.3 Å². The lowest BCUT2D eigenvalue weighted by molar-refractivity contribution is -0.146. The van der Waals surface area contributed by atoms with Crippen molar-refractivity contribution in [3.63, 3.8) is 0 Å². The van der Waals surface area contributed by atoms with Crippen LogP contribution >= 0.6 is 0 Å². The molecule has 0 N–H and O–H groups in total. The number of rotatable bonds is 5. The summed E-state index contributed by atoms with van der Waals surface area (Å²) >= 11 is 0. The van der Waals surface area contributed by atoms with E-state index in [9.17, 15) is 4.79 Å². The van der Waals surface area contributed by atoms with Crippen LogP contribution in [0.2, 0.25) is 0 Å². The quantitative estimate of drug-likeness (QED) is 0.361. The average Bonchev–Trinajstić information content (AvgIpc) is 3.01. The summed E-state index contributed by atoms with van der Waals surface area (Å²) in [5, 5.41) is 3.59. The molecule has 0 aliphatic carbocycles. The minimum Gasteiger partial charge on any atom is -0.468 e. The van der Waals surface area contributed by atoms with E-state index in [1.54, 1.807) is 0 Å². The third-order valence-electron chi connectivity index (χ3n) is 4.01. The van der Waals surface area contributed by atoms with E-state index >= 15 is 0 Å². The van der Waals surface area contributed by atoms with Gasteiger partial charge in [-0.3, -0.25) is 9.69 Å². The Morgan fingerprint density at radius 2 is 2.43 bits per heavy atom. The van der Waals surface area contributed by atoms with Crippen LogP contribution in [-0.4, -0.2) is 30.6 Å². The highest BCUT2D eigenvalue weighted by Crippen LogP contribution is 2.30. The normalized spacial score (nSPS) is 19.8. The molecule has 0 bridgehead atoms. The lowest BCUT2D eigenvalue weighted by Crippen LogP contribution is -2.38. The van der Waals surface area contributed by atoms with Crippen LogP contribution in [0.15, 0.2) is 29.4 Å². The number of hydrogen-bond acceptors (Lipinski definition) is 4. The number of ether oxygens (including phenoxy) is 1. The second-order valence-corrected chi connectivity index (χ2v) is 5.23. The number of hydrogen-bond donors (Lipinski definition) is 0. The Kier molecular flexibility index (Phi) is 5.20. The maximum absolute atomic E-state index is 11.8. The lowest BCUT2D eigenvalue weighted by Gasteiger charge is -2.29. The number of carbonyl (C=O) groups is 1. The van der Waals surface area contributed by atoms with E-state index in [4.69, 9.17) is 10.3 Å². The van der Waals surface area contributed by atoms with Gasteiger partial charge in [0.1, 0.15) is 6.04 Å². The SMILES string of the molecule is COC(=O)[C@@H]1CCCN1[C@@H](C)c1cccc(CN=[N+]=[N-])c1. The van der Waals surface area contributed by atoms with E-state index in [-0.39, 0.29) is 18.1 Å². The number of methoxy groups -OCH3 is 1. The molecule has 21 heavy (non-hydrogen) atoms. The molecular weight excluding hydrogens is 268 g/mol. The van der Waals surface area contributed by atoms with Gasteiger partial charge >= 0.3 is 5.97 Å². The molecule has 0 aromatic heterocycles. The monoisotopic (exact) mass is 288 g/mol. The Bertz CT molecular complexity index is 554. The molecule has 2 rings (SSSR count). The second kappa shape index (κ2) is 7.11. The van der Waals surface area contributed by atoms with Crippen LogP contribution in [0.4, 0.5) is 0 Å². The molecular formula is C15H20N4O2. The fourth-order valence-electron chi connectivity index (χ4n) is 2.90. The molecule has 0 amide bonds. The molecule has 6 heteroatoms. The summed E-state index contributed by atoms with van der Waals surface area (Å²) in [5.41, 5.74) is 10.5. The maximum atomic E-state index is 11.8. The van der Waals surface area contributed by atoms with Gasteiger partial charge in [0.2, 0.25) is 0 Å². The Labute approximate surface area is 124 Å². The van der Waals surface area contributed by atoms with Crippen LogP contribution in [0, 0.1) is 0 Å². The highest BCUT2D eigenvalue weighted by Gasteiger charge is 2.34. The summed E-state index contributed by atoms with van der Waals surface area (Å²) in [6.45, 7) is 3.33. The highest BCUT2D eigenvalue weighted by atomic mass is 16.5. The van der Waals surface area contributed by atoms with Crippen LogP contribution in [-0.2, 0) is 16.1 Å². The molecule has 1 aliphatic rings. The van der Waals surface area contributed by atoms with Gasteiger partial charge in [-0.05, 0) is 43.0 Å². The van der Waals surface area contributed by atoms with Crippen molar-refractivity contribution in [1.82, 2.24) is 4.90 Å². The number of carbonyl (C=O) groups excluding carboxylic acids is 1. The molecule has 1 fully saturated rings. The molecule has 0 saturated carbocycles. The summed E-state index contributed by atoms with van der Waals surface area (Å²) in [6.07, 6.45) is 1.85. The molecule has 6 nitrogen and oxygen atoms in total. The average molecular weight is 288 g/mol. The highest BCUT2D eigenvalue weighted by molar-refractivity contribution is 5.76. The van der Waals surface area contributed by atoms with Gasteiger partial charge in [0, 0.05) is 11.0 Å². The zero-order valence-corrected chi connectivity index (χ0v) is 12.4. The number of benzene rings is 1. The summed E-state index contributed by atoms with van der Waals surface area (Å²) in [7, 11) is 1.43. The van der Waals surface area contributed by atoms with Crippen molar-refractivity contribution in [2.75, 3.05) is 13.7 Å². The van der Waals surface area contributed by atoms with Crippen molar-refractivity contribution in [3.05, 3.63) is 45.8 Å². The number of nitrogens with zero attached hydrogens (tertiary/aromatic N) is 4. The van der Waals surface area contributed by atoms with Crippen LogP contribution in [0.3, 0.4) is 0 Å². The minimum absolute atomic E-state index is 0.127. The topological polar surface area (TPSA) is 78.3 Å². The first kappa shape index (κ1) is 15.4. The molecule has 1 heterocycles. The summed E-state index contributed by atoms with van der Waals surface area (Å²) < 4.78 is 4.89. The Balaban J connectivity index is 2.16. The van der Waals surface area contributed by atoms with E-state index in [0.29, 0.717) is 6.54 Å². The van der Waals surface area contributed by atoms with E-state index < -0.39 is 0 Å². The largest absolute Gasteiger partial charge is 0.468 e. The zero-order chi connectivity index (χ0) is 15.2. The lowest BCUT2D eigenvalue weighted by atomic mass is 10.0. The van der Waals surface area contributed by atoms with Crippen molar-refractivity contribution < 1.29 is 9.53 Å². The summed E-state index contributed by atoms with van der Waals surface area (Å²) in [6, 6.07) is 7.93. The predicted octanol–water partition coefficient (Wildman–Crippen LogP) is 3.20. The molecule has 1 aromatic carbocycles. The van der Waals surface area contributed by atoms with Crippen molar-refractivity contribution in [3.8, 4) is 0 Å². The van der Waals surface area contributed by atoms with Gasteiger partial charge < -0.3 is 4.74 Å². The molecule has 2 atom stereocenters. The van der Waals surface area contributed by atoms with Crippen molar-refractivity contribution in [2.24, 2.45) is 5.11 Å². The van der Waals surface area contributed by atoms with Crippen LogP contribution in [0.1, 0.15) is 36.9 Å². The fourth-order valence-corrected chi connectivity index (χ4v) is 2.90.